The zero-order valence-corrected chi connectivity index (χ0v) is 14.6. The van der Waals surface area contributed by atoms with Crippen molar-refractivity contribution in [1.29, 1.82) is 0 Å². The number of carbonyl (C=O) groups is 1. The summed E-state index contributed by atoms with van der Waals surface area (Å²) in [6.07, 6.45) is -0.253. The fraction of sp³-hybridized carbons (Fsp3) is 0.214. The summed E-state index contributed by atoms with van der Waals surface area (Å²) < 4.78 is 6.03. The molecule has 4 nitrogen and oxygen atoms in total. The number of benzene rings is 1. The second-order valence-electron chi connectivity index (χ2n) is 4.33. The number of carbonyl (C=O) groups excluding carboxylic acids is 1. The summed E-state index contributed by atoms with van der Waals surface area (Å²) in [7, 11) is 1.58. The molecule has 2 amide bonds. The van der Waals surface area contributed by atoms with Crippen molar-refractivity contribution < 1.29 is 9.53 Å². The van der Waals surface area contributed by atoms with Crippen LogP contribution in [0.2, 0.25) is 14.4 Å². The Balaban J connectivity index is 1.90. The number of anilines is 1. The standard InChI is InChI=1S/C14H13Cl3N2O2S/c1-21-11(12-4-5-13(17)22-12)7-18-14(20)19-8-2-3-9(15)10(16)6-8/h2-6,11H,7H2,1H3,(H2,18,19,20). The molecule has 0 aliphatic carbocycles. The molecular formula is C14H13Cl3N2O2S. The van der Waals surface area contributed by atoms with Crippen LogP contribution in [-0.2, 0) is 4.74 Å². The van der Waals surface area contributed by atoms with Crippen LogP contribution in [0.15, 0.2) is 30.3 Å². The van der Waals surface area contributed by atoms with Gasteiger partial charge in [-0.05, 0) is 30.3 Å². The van der Waals surface area contributed by atoms with E-state index >= 15 is 0 Å². The smallest absolute Gasteiger partial charge is 0.319 e. The Hall–Kier alpha value is -0.980. The van der Waals surface area contributed by atoms with Crippen LogP contribution in [0.5, 0.6) is 0 Å². The topological polar surface area (TPSA) is 50.4 Å². The third kappa shape index (κ3) is 4.76. The highest BCUT2D eigenvalue weighted by Gasteiger charge is 2.14. The number of rotatable bonds is 5. The predicted octanol–water partition coefficient (Wildman–Crippen LogP) is 5.22. The van der Waals surface area contributed by atoms with Crippen molar-refractivity contribution in [2.45, 2.75) is 6.10 Å². The van der Waals surface area contributed by atoms with E-state index < -0.39 is 0 Å². The first-order valence-corrected chi connectivity index (χ1v) is 8.22. The van der Waals surface area contributed by atoms with Crippen LogP contribution < -0.4 is 10.6 Å². The van der Waals surface area contributed by atoms with Crippen LogP contribution in [0.1, 0.15) is 11.0 Å². The molecule has 2 aromatic rings. The molecule has 2 rings (SSSR count). The molecule has 0 fully saturated rings. The maximum absolute atomic E-state index is 11.9. The summed E-state index contributed by atoms with van der Waals surface area (Å²) in [5.74, 6) is 0. The number of thiophene rings is 1. The lowest BCUT2D eigenvalue weighted by molar-refractivity contribution is 0.107. The van der Waals surface area contributed by atoms with Gasteiger partial charge in [-0.25, -0.2) is 4.79 Å². The molecule has 118 valence electrons. The van der Waals surface area contributed by atoms with E-state index in [0.717, 1.165) is 4.88 Å². The monoisotopic (exact) mass is 378 g/mol. The molecule has 1 atom stereocenters. The van der Waals surface area contributed by atoms with E-state index in [1.807, 2.05) is 6.07 Å². The first-order chi connectivity index (χ1) is 10.5. The Labute approximate surface area is 147 Å². The van der Waals surface area contributed by atoms with Gasteiger partial charge in [-0.15, -0.1) is 11.3 Å². The molecule has 0 saturated carbocycles. The molecule has 1 aromatic heterocycles. The molecule has 0 bridgehead atoms. The highest BCUT2D eigenvalue weighted by Crippen LogP contribution is 2.28. The van der Waals surface area contributed by atoms with Crippen LogP contribution in [-0.4, -0.2) is 19.7 Å². The molecule has 0 radical (unpaired) electrons. The predicted molar refractivity (Wildman–Crippen MR) is 92.6 cm³/mol. The van der Waals surface area contributed by atoms with Gasteiger partial charge < -0.3 is 15.4 Å². The maximum atomic E-state index is 11.9. The SMILES string of the molecule is COC(CNC(=O)Nc1ccc(Cl)c(Cl)c1)c1ccc(Cl)s1. The van der Waals surface area contributed by atoms with Crippen LogP contribution in [0, 0.1) is 0 Å². The average Bonchev–Trinajstić information content (AvgIpc) is 2.90. The van der Waals surface area contributed by atoms with Gasteiger partial charge in [0.15, 0.2) is 0 Å². The minimum Gasteiger partial charge on any atom is -0.374 e. The maximum Gasteiger partial charge on any atom is 0.319 e. The van der Waals surface area contributed by atoms with E-state index in [1.54, 1.807) is 31.4 Å². The van der Waals surface area contributed by atoms with Crippen LogP contribution in [0.4, 0.5) is 10.5 Å². The highest BCUT2D eigenvalue weighted by atomic mass is 35.5. The zero-order chi connectivity index (χ0) is 16.1. The number of hydrogen-bond donors (Lipinski definition) is 2. The number of nitrogens with one attached hydrogen (secondary N) is 2. The Kier molecular flexibility index (Phi) is 6.35. The van der Waals surface area contributed by atoms with Gasteiger partial charge in [-0.1, -0.05) is 34.8 Å². The lowest BCUT2D eigenvalue weighted by Gasteiger charge is -2.15. The van der Waals surface area contributed by atoms with Crippen molar-refractivity contribution in [2.75, 3.05) is 19.0 Å². The Bertz CT molecular complexity index is 663. The van der Waals surface area contributed by atoms with Crippen molar-refractivity contribution in [3.05, 3.63) is 49.6 Å². The Morgan fingerprint density at radius 2 is 2.00 bits per heavy atom. The summed E-state index contributed by atoms with van der Waals surface area (Å²) >= 11 is 19.0. The third-order valence-corrected chi connectivity index (χ3v) is 4.88. The summed E-state index contributed by atoms with van der Waals surface area (Å²) in [5, 5.41) is 6.22. The van der Waals surface area contributed by atoms with Gasteiger partial charge in [0, 0.05) is 17.7 Å². The van der Waals surface area contributed by atoms with E-state index in [4.69, 9.17) is 39.5 Å². The van der Waals surface area contributed by atoms with Crippen LogP contribution in [0.25, 0.3) is 0 Å². The molecule has 8 heteroatoms. The van der Waals surface area contributed by atoms with E-state index in [1.165, 1.54) is 11.3 Å². The third-order valence-electron chi connectivity index (χ3n) is 2.82. The van der Waals surface area contributed by atoms with Crippen molar-refractivity contribution in [2.24, 2.45) is 0 Å². The highest BCUT2D eigenvalue weighted by molar-refractivity contribution is 7.16. The van der Waals surface area contributed by atoms with Crippen molar-refractivity contribution in [1.82, 2.24) is 5.32 Å². The number of hydrogen-bond acceptors (Lipinski definition) is 3. The lowest BCUT2D eigenvalue weighted by Crippen LogP contribution is -2.32. The van der Waals surface area contributed by atoms with Gasteiger partial charge in [0.1, 0.15) is 6.10 Å². The lowest BCUT2D eigenvalue weighted by atomic mass is 10.3. The molecule has 1 unspecified atom stereocenters. The van der Waals surface area contributed by atoms with E-state index in [2.05, 4.69) is 10.6 Å². The normalized spacial score (nSPS) is 12.0. The zero-order valence-electron chi connectivity index (χ0n) is 11.5. The second kappa shape index (κ2) is 8.04. The van der Waals surface area contributed by atoms with E-state index in [9.17, 15) is 4.79 Å². The van der Waals surface area contributed by atoms with Gasteiger partial charge in [0.25, 0.3) is 0 Å². The fourth-order valence-electron chi connectivity index (χ4n) is 1.74. The second-order valence-corrected chi connectivity index (χ2v) is 6.89. The number of urea groups is 1. The van der Waals surface area contributed by atoms with Gasteiger partial charge in [0.2, 0.25) is 0 Å². The van der Waals surface area contributed by atoms with Gasteiger partial charge in [-0.3, -0.25) is 0 Å². The quantitative estimate of drug-likeness (QED) is 0.748. The summed E-state index contributed by atoms with van der Waals surface area (Å²) in [6.45, 7) is 0.320. The van der Waals surface area contributed by atoms with E-state index in [-0.39, 0.29) is 12.1 Å². The molecular weight excluding hydrogens is 367 g/mol. The fourth-order valence-corrected chi connectivity index (χ4v) is 3.17. The number of amides is 2. The first-order valence-electron chi connectivity index (χ1n) is 6.27. The largest absolute Gasteiger partial charge is 0.374 e. The Morgan fingerprint density at radius 3 is 2.59 bits per heavy atom. The number of ether oxygens (including phenoxy) is 1. The molecule has 1 aromatic carbocycles. The minimum atomic E-state index is -0.358. The summed E-state index contributed by atoms with van der Waals surface area (Å²) in [5.41, 5.74) is 0.556. The minimum absolute atomic E-state index is 0.253. The van der Waals surface area contributed by atoms with Crippen molar-refractivity contribution >= 4 is 57.9 Å². The molecule has 0 saturated heterocycles. The summed E-state index contributed by atoms with van der Waals surface area (Å²) in [6, 6.07) is 8.17. The summed E-state index contributed by atoms with van der Waals surface area (Å²) in [4.78, 5) is 12.8. The Morgan fingerprint density at radius 1 is 1.23 bits per heavy atom. The molecule has 0 aliphatic rings. The molecule has 22 heavy (non-hydrogen) atoms. The number of methoxy groups -OCH3 is 1. The molecule has 0 spiro atoms. The van der Waals surface area contributed by atoms with Gasteiger partial charge >= 0.3 is 6.03 Å². The van der Waals surface area contributed by atoms with Gasteiger partial charge in [-0.2, -0.15) is 0 Å². The first kappa shape index (κ1) is 17.4. The van der Waals surface area contributed by atoms with Crippen LogP contribution in [0.3, 0.4) is 0 Å². The molecule has 1 heterocycles. The van der Waals surface area contributed by atoms with E-state index in [0.29, 0.717) is 26.6 Å². The van der Waals surface area contributed by atoms with Crippen molar-refractivity contribution in [3.8, 4) is 0 Å². The van der Waals surface area contributed by atoms with Crippen molar-refractivity contribution in [3.63, 3.8) is 0 Å². The van der Waals surface area contributed by atoms with Gasteiger partial charge in [0.05, 0.1) is 20.9 Å². The average molecular weight is 380 g/mol. The van der Waals surface area contributed by atoms with Crippen LogP contribution >= 0.6 is 46.1 Å². The number of halogens is 3. The molecule has 0 aliphatic heterocycles. The molecule has 2 N–H and O–H groups in total.